The number of hydrogen-bond donors (Lipinski definition) is 0. The third-order valence-corrected chi connectivity index (χ3v) is 4.35. The molecule has 4 atom stereocenters. The summed E-state index contributed by atoms with van der Waals surface area (Å²) in [6, 6.07) is 0. The van der Waals surface area contributed by atoms with Gasteiger partial charge in [0.25, 0.3) is 0 Å². The number of hydrogen-bond acceptors (Lipinski definition) is 0. The lowest BCUT2D eigenvalue weighted by atomic mass is 9.80. The summed E-state index contributed by atoms with van der Waals surface area (Å²) < 4.78 is 0. The zero-order chi connectivity index (χ0) is 11.0. The molecule has 0 aromatic rings. The van der Waals surface area contributed by atoms with Gasteiger partial charge in [-0.15, -0.1) is 0 Å². The minimum absolute atomic E-state index is 0.697. The lowest BCUT2D eigenvalue weighted by Gasteiger charge is -2.25. The van der Waals surface area contributed by atoms with Gasteiger partial charge in [0.05, 0.1) is 0 Å². The van der Waals surface area contributed by atoms with Crippen LogP contribution in [0.1, 0.15) is 26.2 Å². The van der Waals surface area contributed by atoms with E-state index in [-0.39, 0.29) is 0 Å². The topological polar surface area (TPSA) is 0 Å². The van der Waals surface area contributed by atoms with Crippen LogP contribution in [0.4, 0.5) is 0 Å². The van der Waals surface area contributed by atoms with Crippen LogP contribution < -0.4 is 0 Å². The van der Waals surface area contributed by atoms with Crippen LogP contribution in [0.3, 0.4) is 0 Å². The zero-order valence-electron chi connectivity index (χ0n) is 9.97. The van der Waals surface area contributed by atoms with Gasteiger partial charge in [0.15, 0.2) is 0 Å². The summed E-state index contributed by atoms with van der Waals surface area (Å²) in [4.78, 5) is 0. The third kappa shape index (κ3) is 1.43. The van der Waals surface area contributed by atoms with E-state index in [2.05, 4.69) is 49.5 Å². The molecular weight excluding hydrogens is 192 g/mol. The fourth-order valence-corrected chi connectivity index (χ4v) is 3.74. The lowest BCUT2D eigenvalue weighted by molar-refractivity contribution is 0.350. The van der Waals surface area contributed by atoms with E-state index in [1.165, 1.54) is 19.3 Å². The van der Waals surface area contributed by atoms with Crippen molar-refractivity contribution in [1.29, 1.82) is 0 Å². The van der Waals surface area contributed by atoms with E-state index in [0.29, 0.717) is 5.92 Å². The second-order valence-corrected chi connectivity index (χ2v) is 5.18. The van der Waals surface area contributed by atoms with Crippen molar-refractivity contribution in [2.24, 2.45) is 23.7 Å². The monoisotopic (exact) mass is 212 g/mol. The number of allylic oxidation sites excluding steroid dienone is 8. The van der Waals surface area contributed by atoms with Crippen molar-refractivity contribution in [2.75, 3.05) is 0 Å². The summed E-state index contributed by atoms with van der Waals surface area (Å²) in [7, 11) is 0. The van der Waals surface area contributed by atoms with Crippen LogP contribution in [-0.4, -0.2) is 0 Å². The second kappa shape index (κ2) is 4.08. The van der Waals surface area contributed by atoms with E-state index in [9.17, 15) is 0 Å². The molecular formula is C16H20. The maximum absolute atomic E-state index is 2.47. The Kier molecular flexibility index (Phi) is 2.59. The first kappa shape index (κ1) is 10.1. The van der Waals surface area contributed by atoms with Crippen molar-refractivity contribution in [1.82, 2.24) is 0 Å². The van der Waals surface area contributed by atoms with Crippen LogP contribution in [0, 0.1) is 23.7 Å². The molecule has 0 N–H and O–H groups in total. The summed E-state index contributed by atoms with van der Waals surface area (Å²) in [5, 5.41) is 0. The van der Waals surface area contributed by atoms with E-state index in [1.807, 2.05) is 0 Å². The fourth-order valence-electron chi connectivity index (χ4n) is 3.74. The summed E-state index contributed by atoms with van der Waals surface area (Å²) in [6.07, 6.45) is 20.5. The average molecular weight is 212 g/mol. The predicted octanol–water partition coefficient (Wildman–Crippen LogP) is 4.28. The minimum Gasteiger partial charge on any atom is -0.0879 e. The molecule has 0 aromatic heterocycles. The summed E-state index contributed by atoms with van der Waals surface area (Å²) in [5.41, 5.74) is 1.69. The van der Waals surface area contributed by atoms with E-state index in [0.717, 1.165) is 17.8 Å². The second-order valence-electron chi connectivity index (χ2n) is 5.18. The molecule has 3 rings (SSSR count). The Labute approximate surface area is 98.4 Å². The number of fused-ring (bicyclic) bond motifs is 3. The first-order valence-corrected chi connectivity index (χ1v) is 6.63. The first-order chi connectivity index (χ1) is 7.92. The minimum atomic E-state index is 0.697. The van der Waals surface area contributed by atoms with Crippen LogP contribution >= 0.6 is 0 Å². The summed E-state index contributed by atoms with van der Waals surface area (Å²) in [6.45, 7) is 2.25. The smallest absolute Gasteiger partial charge is 0.00518 e. The fraction of sp³-hybridized carbons (Fsp3) is 0.500. The standard InChI is InChI=1S/C16H20/c1-2-7-12-13-8-3-5-10-15(13)16-11-6-4-9-14(12)16/h3-5,7-10,13-16H,2,6,11H2,1H3/b12-7+. The van der Waals surface area contributed by atoms with Crippen LogP contribution in [0.15, 0.2) is 48.1 Å². The Morgan fingerprint density at radius 1 is 1.19 bits per heavy atom. The van der Waals surface area contributed by atoms with Crippen molar-refractivity contribution in [3.8, 4) is 0 Å². The van der Waals surface area contributed by atoms with Gasteiger partial charge in [0, 0.05) is 11.8 Å². The molecule has 0 spiro atoms. The van der Waals surface area contributed by atoms with Gasteiger partial charge in [-0.1, -0.05) is 55.0 Å². The van der Waals surface area contributed by atoms with Gasteiger partial charge in [-0.05, 0) is 31.1 Å². The van der Waals surface area contributed by atoms with Gasteiger partial charge >= 0.3 is 0 Å². The van der Waals surface area contributed by atoms with Crippen molar-refractivity contribution in [2.45, 2.75) is 26.2 Å². The predicted molar refractivity (Wildman–Crippen MR) is 69.0 cm³/mol. The van der Waals surface area contributed by atoms with E-state index >= 15 is 0 Å². The molecule has 0 amide bonds. The van der Waals surface area contributed by atoms with Crippen LogP contribution in [0.25, 0.3) is 0 Å². The molecule has 0 radical (unpaired) electrons. The average Bonchev–Trinajstić information content (AvgIpc) is 2.66. The molecule has 0 nitrogen and oxygen atoms in total. The molecule has 16 heavy (non-hydrogen) atoms. The van der Waals surface area contributed by atoms with E-state index < -0.39 is 0 Å². The normalized spacial score (nSPS) is 42.4. The van der Waals surface area contributed by atoms with Crippen molar-refractivity contribution in [3.63, 3.8) is 0 Å². The maximum Gasteiger partial charge on any atom is 0.00518 e. The Morgan fingerprint density at radius 2 is 2.06 bits per heavy atom. The molecule has 3 aliphatic carbocycles. The van der Waals surface area contributed by atoms with Gasteiger partial charge in [-0.25, -0.2) is 0 Å². The van der Waals surface area contributed by atoms with Crippen LogP contribution in [0.5, 0.6) is 0 Å². The van der Waals surface area contributed by atoms with Crippen molar-refractivity contribution < 1.29 is 0 Å². The van der Waals surface area contributed by atoms with Crippen LogP contribution in [-0.2, 0) is 0 Å². The molecule has 3 aliphatic rings. The summed E-state index contributed by atoms with van der Waals surface area (Å²) in [5.74, 6) is 3.07. The zero-order valence-corrected chi connectivity index (χ0v) is 9.97. The molecule has 84 valence electrons. The van der Waals surface area contributed by atoms with E-state index in [4.69, 9.17) is 0 Å². The van der Waals surface area contributed by atoms with Gasteiger partial charge in [0.2, 0.25) is 0 Å². The Hall–Kier alpha value is -1.04. The van der Waals surface area contributed by atoms with E-state index in [1.54, 1.807) is 5.57 Å². The highest BCUT2D eigenvalue weighted by Gasteiger charge is 2.43. The molecule has 0 aliphatic heterocycles. The van der Waals surface area contributed by atoms with Gasteiger partial charge in [-0.3, -0.25) is 0 Å². The largest absolute Gasteiger partial charge is 0.0879 e. The summed E-state index contributed by atoms with van der Waals surface area (Å²) >= 11 is 0. The SMILES string of the molecule is CC/C=C1\C2C=CC=CC2C2CCC=CC12. The van der Waals surface area contributed by atoms with Crippen molar-refractivity contribution >= 4 is 0 Å². The molecule has 0 heteroatoms. The molecule has 1 fully saturated rings. The Morgan fingerprint density at radius 3 is 2.94 bits per heavy atom. The lowest BCUT2D eigenvalue weighted by Crippen LogP contribution is -2.17. The maximum atomic E-state index is 2.47. The Bertz CT molecular complexity index is 381. The van der Waals surface area contributed by atoms with Gasteiger partial charge < -0.3 is 0 Å². The highest BCUT2D eigenvalue weighted by Crippen LogP contribution is 2.52. The van der Waals surface area contributed by atoms with Crippen LogP contribution in [0.2, 0.25) is 0 Å². The highest BCUT2D eigenvalue weighted by atomic mass is 14.5. The van der Waals surface area contributed by atoms with Gasteiger partial charge in [0.1, 0.15) is 0 Å². The molecule has 0 saturated heterocycles. The third-order valence-electron chi connectivity index (χ3n) is 4.35. The molecule has 4 unspecified atom stereocenters. The Balaban J connectivity index is 2.01. The molecule has 0 bridgehead atoms. The number of rotatable bonds is 1. The molecule has 1 saturated carbocycles. The van der Waals surface area contributed by atoms with Gasteiger partial charge in [-0.2, -0.15) is 0 Å². The molecule has 0 aromatic carbocycles. The first-order valence-electron chi connectivity index (χ1n) is 6.63. The highest BCUT2D eigenvalue weighted by molar-refractivity contribution is 5.35. The quantitative estimate of drug-likeness (QED) is 0.569. The van der Waals surface area contributed by atoms with Crippen molar-refractivity contribution in [3.05, 3.63) is 48.1 Å². The molecule has 0 heterocycles.